The Kier molecular flexibility index (Phi) is 5.21. The van der Waals surface area contributed by atoms with E-state index in [1.807, 2.05) is 24.3 Å². The fourth-order valence-electron chi connectivity index (χ4n) is 1.89. The van der Waals surface area contributed by atoms with Crippen LogP contribution in [0, 0.1) is 0 Å². The van der Waals surface area contributed by atoms with Gasteiger partial charge in [0.1, 0.15) is 17.2 Å². The van der Waals surface area contributed by atoms with Crippen LogP contribution >= 0.6 is 0 Å². The number of rotatable bonds is 6. The minimum atomic E-state index is -0.183. The van der Waals surface area contributed by atoms with E-state index in [4.69, 9.17) is 9.47 Å². The topological polar surface area (TPSA) is 55.8 Å². The zero-order valence-corrected chi connectivity index (χ0v) is 11.9. The molecule has 0 heterocycles. The summed E-state index contributed by atoms with van der Waals surface area (Å²) in [5, 5.41) is 9.38. The van der Waals surface area contributed by atoms with Crippen molar-refractivity contribution in [3.05, 3.63) is 54.1 Å². The van der Waals surface area contributed by atoms with E-state index >= 15 is 0 Å². The third kappa shape index (κ3) is 4.84. The molecule has 0 fully saturated rings. The van der Waals surface area contributed by atoms with Gasteiger partial charge in [0.15, 0.2) is 0 Å². The molecule has 0 unspecified atom stereocenters. The molecule has 110 valence electrons. The second kappa shape index (κ2) is 7.33. The number of carbonyl (C=O) groups is 1. The molecule has 2 aromatic carbocycles. The van der Waals surface area contributed by atoms with Gasteiger partial charge in [-0.05, 0) is 43.2 Å². The van der Waals surface area contributed by atoms with Crippen molar-refractivity contribution in [1.82, 2.24) is 0 Å². The molecule has 0 bridgehead atoms. The first-order chi connectivity index (χ1) is 10.2. The maximum atomic E-state index is 11.3. The molecule has 0 saturated heterocycles. The Morgan fingerprint density at radius 2 is 1.86 bits per heavy atom. The molecule has 0 aliphatic rings. The van der Waals surface area contributed by atoms with Crippen LogP contribution < -0.4 is 4.74 Å². The van der Waals surface area contributed by atoms with Crippen molar-refractivity contribution in [1.29, 1.82) is 0 Å². The molecule has 0 radical (unpaired) electrons. The smallest absolute Gasteiger partial charge is 0.306 e. The van der Waals surface area contributed by atoms with Gasteiger partial charge in [0.25, 0.3) is 0 Å². The van der Waals surface area contributed by atoms with E-state index in [9.17, 15) is 9.90 Å². The van der Waals surface area contributed by atoms with E-state index in [-0.39, 0.29) is 11.7 Å². The largest absolute Gasteiger partial charge is 0.508 e. The second-order valence-electron chi connectivity index (χ2n) is 4.55. The van der Waals surface area contributed by atoms with Crippen LogP contribution in [0.25, 0.3) is 0 Å². The van der Waals surface area contributed by atoms with Crippen molar-refractivity contribution >= 4 is 5.97 Å². The monoisotopic (exact) mass is 286 g/mol. The summed E-state index contributed by atoms with van der Waals surface area (Å²) in [7, 11) is 0. The lowest BCUT2D eigenvalue weighted by Gasteiger charge is -2.07. The molecule has 4 heteroatoms. The summed E-state index contributed by atoms with van der Waals surface area (Å²) in [4.78, 5) is 11.3. The summed E-state index contributed by atoms with van der Waals surface area (Å²) in [5.41, 5.74) is 1.05. The van der Waals surface area contributed by atoms with Gasteiger partial charge in [0, 0.05) is 12.5 Å². The predicted molar refractivity (Wildman–Crippen MR) is 79.6 cm³/mol. The van der Waals surface area contributed by atoms with Gasteiger partial charge in [-0.25, -0.2) is 0 Å². The molecule has 1 N–H and O–H groups in total. The van der Waals surface area contributed by atoms with Crippen LogP contribution in [0.15, 0.2) is 48.5 Å². The highest BCUT2D eigenvalue weighted by molar-refractivity contribution is 5.69. The van der Waals surface area contributed by atoms with E-state index in [0.717, 1.165) is 5.56 Å². The number of phenolic OH excluding ortho intramolecular Hbond substituents is 1. The van der Waals surface area contributed by atoms with Crippen LogP contribution in [-0.4, -0.2) is 17.7 Å². The van der Waals surface area contributed by atoms with E-state index < -0.39 is 0 Å². The number of esters is 1. The average Bonchev–Trinajstić information content (AvgIpc) is 2.47. The molecule has 0 saturated carbocycles. The zero-order valence-electron chi connectivity index (χ0n) is 11.9. The molecular weight excluding hydrogens is 268 g/mol. The van der Waals surface area contributed by atoms with Crippen LogP contribution in [0.2, 0.25) is 0 Å². The van der Waals surface area contributed by atoms with Crippen molar-refractivity contribution < 1.29 is 19.4 Å². The first-order valence-corrected chi connectivity index (χ1v) is 6.89. The first kappa shape index (κ1) is 14.9. The SMILES string of the molecule is CCOC(=O)CCc1ccc(Oc2cccc(O)c2)cc1. The lowest BCUT2D eigenvalue weighted by atomic mass is 10.1. The molecule has 2 aromatic rings. The third-order valence-electron chi connectivity index (χ3n) is 2.90. The van der Waals surface area contributed by atoms with Gasteiger partial charge in [-0.15, -0.1) is 0 Å². The van der Waals surface area contributed by atoms with Gasteiger partial charge >= 0.3 is 5.97 Å². The van der Waals surface area contributed by atoms with Gasteiger partial charge < -0.3 is 14.6 Å². The van der Waals surface area contributed by atoms with Crippen molar-refractivity contribution in [3.8, 4) is 17.2 Å². The van der Waals surface area contributed by atoms with E-state index in [2.05, 4.69) is 0 Å². The van der Waals surface area contributed by atoms with Crippen LogP contribution in [-0.2, 0) is 16.0 Å². The maximum Gasteiger partial charge on any atom is 0.306 e. The van der Waals surface area contributed by atoms with Crippen LogP contribution in [0.3, 0.4) is 0 Å². The Labute approximate surface area is 123 Å². The predicted octanol–water partition coefficient (Wildman–Crippen LogP) is 3.68. The number of aryl methyl sites for hydroxylation is 1. The number of hydrogen-bond acceptors (Lipinski definition) is 4. The minimum absolute atomic E-state index is 0.165. The average molecular weight is 286 g/mol. The number of aromatic hydroxyl groups is 1. The standard InChI is InChI=1S/C17H18O4/c1-2-20-17(19)11-8-13-6-9-15(10-7-13)21-16-5-3-4-14(18)12-16/h3-7,9-10,12,18H,2,8,11H2,1H3. The highest BCUT2D eigenvalue weighted by Gasteiger charge is 2.03. The Balaban J connectivity index is 1.91. The molecular formula is C17H18O4. The summed E-state index contributed by atoms with van der Waals surface area (Å²) in [6, 6.07) is 14.1. The highest BCUT2D eigenvalue weighted by atomic mass is 16.5. The molecule has 0 aliphatic carbocycles. The second-order valence-corrected chi connectivity index (χ2v) is 4.55. The number of phenols is 1. The number of benzene rings is 2. The van der Waals surface area contributed by atoms with Crippen molar-refractivity contribution in [3.63, 3.8) is 0 Å². The number of ether oxygens (including phenoxy) is 2. The minimum Gasteiger partial charge on any atom is -0.508 e. The van der Waals surface area contributed by atoms with Gasteiger partial charge in [0.05, 0.1) is 6.61 Å². The first-order valence-electron chi connectivity index (χ1n) is 6.89. The van der Waals surface area contributed by atoms with Crippen LogP contribution in [0.1, 0.15) is 18.9 Å². The Morgan fingerprint density at radius 1 is 1.10 bits per heavy atom. The van der Waals surface area contributed by atoms with E-state index in [0.29, 0.717) is 30.9 Å². The molecule has 0 atom stereocenters. The summed E-state index contributed by atoms with van der Waals surface area (Å²) in [5.74, 6) is 1.24. The normalized spacial score (nSPS) is 10.1. The molecule has 0 spiro atoms. The molecule has 21 heavy (non-hydrogen) atoms. The van der Waals surface area contributed by atoms with Crippen molar-refractivity contribution in [2.45, 2.75) is 19.8 Å². The molecule has 4 nitrogen and oxygen atoms in total. The fourth-order valence-corrected chi connectivity index (χ4v) is 1.89. The summed E-state index contributed by atoms with van der Waals surface area (Å²) >= 11 is 0. The van der Waals surface area contributed by atoms with Crippen LogP contribution in [0.4, 0.5) is 0 Å². The highest BCUT2D eigenvalue weighted by Crippen LogP contribution is 2.24. The summed E-state index contributed by atoms with van der Waals surface area (Å²) in [6.07, 6.45) is 1.02. The van der Waals surface area contributed by atoms with Crippen molar-refractivity contribution in [2.75, 3.05) is 6.61 Å². The maximum absolute atomic E-state index is 11.3. The molecule has 0 amide bonds. The Bertz CT molecular complexity index is 590. The lowest BCUT2D eigenvalue weighted by molar-refractivity contribution is -0.143. The number of hydrogen-bond donors (Lipinski definition) is 1. The van der Waals surface area contributed by atoms with E-state index in [1.54, 1.807) is 31.2 Å². The zero-order chi connectivity index (χ0) is 15.1. The van der Waals surface area contributed by atoms with Gasteiger partial charge in [-0.3, -0.25) is 4.79 Å². The quantitative estimate of drug-likeness (QED) is 0.823. The Hall–Kier alpha value is -2.49. The third-order valence-corrected chi connectivity index (χ3v) is 2.90. The summed E-state index contributed by atoms with van der Waals surface area (Å²) in [6.45, 7) is 2.21. The van der Waals surface area contributed by atoms with E-state index in [1.165, 1.54) is 0 Å². The number of carbonyl (C=O) groups excluding carboxylic acids is 1. The van der Waals surface area contributed by atoms with Gasteiger partial charge in [-0.2, -0.15) is 0 Å². The van der Waals surface area contributed by atoms with Crippen LogP contribution in [0.5, 0.6) is 17.2 Å². The molecule has 0 aliphatic heterocycles. The lowest BCUT2D eigenvalue weighted by Crippen LogP contribution is -2.05. The summed E-state index contributed by atoms with van der Waals surface area (Å²) < 4.78 is 10.5. The fraction of sp³-hybridized carbons (Fsp3) is 0.235. The van der Waals surface area contributed by atoms with Crippen molar-refractivity contribution in [2.24, 2.45) is 0 Å². The van der Waals surface area contributed by atoms with Gasteiger partial charge in [-0.1, -0.05) is 18.2 Å². The molecule has 0 aromatic heterocycles. The molecule has 2 rings (SSSR count). The van der Waals surface area contributed by atoms with Gasteiger partial charge in [0.2, 0.25) is 0 Å². The Morgan fingerprint density at radius 3 is 2.52 bits per heavy atom.